The molecule has 0 saturated heterocycles. The number of hydrogen-bond donors (Lipinski definition) is 0. The molecule has 0 aromatic carbocycles. The molecule has 2 unspecified atom stereocenters. The second-order valence-corrected chi connectivity index (χ2v) is 16.1. The van der Waals surface area contributed by atoms with Crippen molar-refractivity contribution in [3.8, 4) is 0 Å². The van der Waals surface area contributed by atoms with Crippen LogP contribution in [0.5, 0.6) is 0 Å². The van der Waals surface area contributed by atoms with Crippen LogP contribution in [0.1, 0.15) is 174 Å². The molecule has 0 aliphatic rings. The number of phosphoric acid groups is 1. The van der Waals surface area contributed by atoms with Gasteiger partial charge in [0.25, 0.3) is 7.82 Å². The number of carbonyl (C=O) groups excluding carboxylic acids is 2. The van der Waals surface area contributed by atoms with Gasteiger partial charge in [0.1, 0.15) is 19.8 Å². The molecule has 0 N–H and O–H groups in total. The summed E-state index contributed by atoms with van der Waals surface area (Å²) >= 11 is 0. The predicted molar refractivity (Wildman–Crippen MR) is 199 cm³/mol. The molecule has 2 atom stereocenters. The van der Waals surface area contributed by atoms with E-state index in [1.807, 2.05) is 21.1 Å². The molecule has 0 radical (unpaired) electrons. The Morgan fingerprint density at radius 2 is 1.08 bits per heavy atom. The van der Waals surface area contributed by atoms with Crippen molar-refractivity contribution >= 4 is 19.8 Å². The topological polar surface area (TPSA) is 111 Å². The Hall–Kier alpha value is -1.25. The number of quaternary nitrogens is 1. The van der Waals surface area contributed by atoms with Crippen molar-refractivity contribution < 1.29 is 42.1 Å². The highest BCUT2D eigenvalue weighted by Crippen LogP contribution is 2.38. The third-order valence-corrected chi connectivity index (χ3v) is 9.48. The van der Waals surface area contributed by atoms with Gasteiger partial charge < -0.3 is 27.9 Å². The van der Waals surface area contributed by atoms with Gasteiger partial charge in [-0.15, -0.1) is 0 Å². The lowest BCUT2D eigenvalue weighted by Gasteiger charge is -2.28. The van der Waals surface area contributed by atoms with E-state index >= 15 is 0 Å². The summed E-state index contributed by atoms with van der Waals surface area (Å²) in [6.07, 6.45) is 31.0. The number of ether oxygens (including phenoxy) is 2. The summed E-state index contributed by atoms with van der Waals surface area (Å²) in [5.74, 6) is -0.842. The lowest BCUT2D eigenvalue weighted by molar-refractivity contribution is -0.870. The summed E-state index contributed by atoms with van der Waals surface area (Å²) in [6.45, 7) is 4.15. The van der Waals surface area contributed by atoms with E-state index in [2.05, 4.69) is 26.0 Å². The van der Waals surface area contributed by atoms with Gasteiger partial charge in [0.15, 0.2) is 6.10 Å². The number of rotatable bonds is 36. The van der Waals surface area contributed by atoms with Gasteiger partial charge in [-0.05, 0) is 32.1 Å². The summed E-state index contributed by atoms with van der Waals surface area (Å²) in [5, 5.41) is 0. The van der Waals surface area contributed by atoms with Crippen molar-refractivity contribution in [2.45, 2.75) is 180 Å². The maximum Gasteiger partial charge on any atom is 0.306 e. The number of carbonyl (C=O) groups is 2. The lowest BCUT2D eigenvalue weighted by atomic mass is 10.0. The molecule has 0 saturated carbocycles. The van der Waals surface area contributed by atoms with E-state index in [1.54, 1.807) is 0 Å². The molecule has 0 spiro atoms. The molecule has 0 aromatic rings. The van der Waals surface area contributed by atoms with Crippen LogP contribution in [0.2, 0.25) is 0 Å². The molecule has 0 rings (SSSR count). The van der Waals surface area contributed by atoms with E-state index in [0.29, 0.717) is 17.4 Å². The van der Waals surface area contributed by atoms with E-state index in [1.165, 1.54) is 83.5 Å². The van der Waals surface area contributed by atoms with Crippen LogP contribution < -0.4 is 4.89 Å². The molecule has 9 nitrogen and oxygen atoms in total. The zero-order valence-corrected chi connectivity index (χ0v) is 33.3. The van der Waals surface area contributed by atoms with Crippen LogP contribution in [0.15, 0.2) is 12.2 Å². The molecule has 290 valence electrons. The van der Waals surface area contributed by atoms with Crippen LogP contribution in [0.4, 0.5) is 0 Å². The van der Waals surface area contributed by atoms with Crippen LogP contribution in [0.3, 0.4) is 0 Å². The van der Waals surface area contributed by atoms with E-state index in [4.69, 9.17) is 18.5 Å². The van der Waals surface area contributed by atoms with Crippen LogP contribution in [-0.2, 0) is 32.7 Å². The molecular weight excluding hydrogens is 641 g/mol. The number of nitrogens with zero attached hydrogens (tertiary/aromatic N) is 1. The molecule has 0 fully saturated rings. The number of likely N-dealkylation sites (N-methyl/N-ethyl adjacent to an activating group) is 1. The highest BCUT2D eigenvalue weighted by atomic mass is 31.2. The van der Waals surface area contributed by atoms with Gasteiger partial charge in [-0.25, -0.2) is 0 Å². The minimum Gasteiger partial charge on any atom is -0.756 e. The fraction of sp³-hybridized carbons (Fsp3) is 0.897. The number of hydrogen-bond acceptors (Lipinski definition) is 8. The monoisotopic (exact) mass is 718 g/mol. The quantitative estimate of drug-likeness (QED) is 0.0207. The first-order valence-electron chi connectivity index (χ1n) is 19.9. The van der Waals surface area contributed by atoms with Crippen LogP contribution in [0.25, 0.3) is 0 Å². The molecule has 49 heavy (non-hydrogen) atoms. The van der Waals surface area contributed by atoms with Crippen molar-refractivity contribution in [1.29, 1.82) is 0 Å². The van der Waals surface area contributed by atoms with E-state index < -0.39 is 26.5 Å². The van der Waals surface area contributed by atoms with Gasteiger partial charge in [0.2, 0.25) is 0 Å². The first-order valence-corrected chi connectivity index (χ1v) is 21.4. The molecule has 0 aliphatic carbocycles. The zero-order chi connectivity index (χ0) is 36.5. The molecule has 0 amide bonds. The largest absolute Gasteiger partial charge is 0.756 e. The normalized spacial score (nSPS) is 13.8. The SMILES string of the molecule is CCC/C=C\CCCCCCCC(=O)OC(COC(=O)CCCCCCCCCCCCCCCCC)COP(=O)([O-])OCC[N+](C)(C)C. The minimum atomic E-state index is -4.61. The molecule has 0 aromatic heterocycles. The third-order valence-electron chi connectivity index (χ3n) is 8.52. The Morgan fingerprint density at radius 1 is 0.612 bits per heavy atom. The lowest BCUT2D eigenvalue weighted by Crippen LogP contribution is -2.37. The Balaban J connectivity index is 4.36. The Kier molecular flexibility index (Phi) is 31.8. The molecule has 0 bridgehead atoms. The number of esters is 2. The molecule has 0 heterocycles. The van der Waals surface area contributed by atoms with Crippen LogP contribution in [-0.4, -0.2) is 70.0 Å². The summed E-state index contributed by atoms with van der Waals surface area (Å²) in [4.78, 5) is 37.3. The van der Waals surface area contributed by atoms with Gasteiger partial charge in [0.05, 0.1) is 27.7 Å². The fourth-order valence-corrected chi connectivity index (χ4v) is 6.09. The maximum absolute atomic E-state index is 12.6. The first kappa shape index (κ1) is 47.8. The standard InChI is InChI=1S/C39H76NO8P/c1-6-8-10-12-14-16-18-19-20-21-22-24-25-27-29-31-38(41)45-35-37(36-47-49(43,44)46-34-33-40(3,4)5)48-39(42)32-30-28-26-23-17-15-13-11-9-7-2/h11,13,37H,6-10,12,14-36H2,1-5H3/b13-11-. The second-order valence-electron chi connectivity index (χ2n) is 14.7. The number of unbranched alkanes of at least 4 members (excludes halogenated alkanes) is 20. The average molecular weight is 718 g/mol. The van der Waals surface area contributed by atoms with Gasteiger partial charge in [-0.2, -0.15) is 0 Å². The molecule has 10 heteroatoms. The van der Waals surface area contributed by atoms with E-state index in [-0.39, 0.29) is 32.0 Å². The van der Waals surface area contributed by atoms with Crippen molar-refractivity contribution in [3.05, 3.63) is 12.2 Å². The fourth-order valence-electron chi connectivity index (χ4n) is 5.36. The van der Waals surface area contributed by atoms with Gasteiger partial charge >= 0.3 is 11.9 Å². The summed E-state index contributed by atoms with van der Waals surface area (Å²) in [6, 6.07) is 0. The zero-order valence-electron chi connectivity index (χ0n) is 32.4. The first-order chi connectivity index (χ1) is 23.5. The Morgan fingerprint density at radius 3 is 1.59 bits per heavy atom. The van der Waals surface area contributed by atoms with E-state index in [0.717, 1.165) is 57.8 Å². The second kappa shape index (κ2) is 32.6. The third kappa shape index (κ3) is 36.3. The summed E-state index contributed by atoms with van der Waals surface area (Å²) in [7, 11) is 1.16. The van der Waals surface area contributed by atoms with Crippen LogP contribution >= 0.6 is 7.82 Å². The average Bonchev–Trinajstić information content (AvgIpc) is 3.04. The number of phosphoric ester groups is 1. The summed E-state index contributed by atoms with van der Waals surface area (Å²) in [5.41, 5.74) is 0. The van der Waals surface area contributed by atoms with Crippen molar-refractivity contribution in [2.24, 2.45) is 0 Å². The number of allylic oxidation sites excluding steroid dienone is 2. The summed E-state index contributed by atoms with van der Waals surface area (Å²) < 4.78 is 33.7. The highest BCUT2D eigenvalue weighted by Gasteiger charge is 2.21. The van der Waals surface area contributed by atoms with Gasteiger partial charge in [-0.1, -0.05) is 142 Å². The highest BCUT2D eigenvalue weighted by molar-refractivity contribution is 7.45. The molecule has 0 aliphatic heterocycles. The minimum absolute atomic E-state index is 0.0298. The Bertz CT molecular complexity index is 860. The van der Waals surface area contributed by atoms with Crippen molar-refractivity contribution in [3.63, 3.8) is 0 Å². The molecular formula is C39H76NO8P. The predicted octanol–water partition coefficient (Wildman–Crippen LogP) is 10.00. The van der Waals surface area contributed by atoms with Crippen LogP contribution in [0, 0.1) is 0 Å². The van der Waals surface area contributed by atoms with Gasteiger partial charge in [-0.3, -0.25) is 14.2 Å². The van der Waals surface area contributed by atoms with E-state index in [9.17, 15) is 19.0 Å². The Labute approximate surface area is 301 Å². The van der Waals surface area contributed by atoms with Crippen molar-refractivity contribution in [1.82, 2.24) is 0 Å². The van der Waals surface area contributed by atoms with Crippen molar-refractivity contribution in [2.75, 3.05) is 47.5 Å². The smallest absolute Gasteiger partial charge is 0.306 e. The maximum atomic E-state index is 12.6. The van der Waals surface area contributed by atoms with Gasteiger partial charge in [0, 0.05) is 12.8 Å².